The van der Waals surface area contributed by atoms with E-state index in [0.29, 0.717) is 11.7 Å². The van der Waals surface area contributed by atoms with Crippen molar-refractivity contribution in [3.05, 3.63) is 46.7 Å². The quantitative estimate of drug-likeness (QED) is 0.620. The second-order valence-electron chi connectivity index (χ2n) is 5.15. The molecule has 1 amide bonds. The summed E-state index contributed by atoms with van der Waals surface area (Å²) in [5, 5.41) is 17.1. The highest BCUT2D eigenvalue weighted by molar-refractivity contribution is 8.00. The van der Waals surface area contributed by atoms with Crippen LogP contribution in [-0.2, 0) is 11.3 Å². The maximum Gasteiger partial charge on any atom is 0.237 e. The second-order valence-corrected chi connectivity index (χ2v) is 8.34. The highest BCUT2D eigenvalue weighted by Crippen LogP contribution is 2.27. The number of carbonyl (C=O) groups excluding carboxylic acids is 1. The van der Waals surface area contributed by atoms with Gasteiger partial charge in [-0.15, -0.1) is 28.2 Å². The number of hydrogen-bond donors (Lipinski definition) is 1. The number of anilines is 1. The maximum atomic E-state index is 12.5. The van der Waals surface area contributed by atoms with E-state index in [9.17, 15) is 4.79 Å². The molecule has 0 saturated carbocycles. The Bertz CT molecular complexity index is 834. The third-order valence-electron chi connectivity index (χ3n) is 3.40. The first-order valence-electron chi connectivity index (χ1n) is 7.56. The molecule has 0 radical (unpaired) electrons. The zero-order chi connectivity index (χ0) is 17.6. The summed E-state index contributed by atoms with van der Waals surface area (Å²) in [7, 11) is 0. The van der Waals surface area contributed by atoms with Gasteiger partial charge in [-0.3, -0.25) is 4.79 Å². The van der Waals surface area contributed by atoms with Crippen molar-refractivity contribution in [2.24, 2.45) is 0 Å². The van der Waals surface area contributed by atoms with Crippen molar-refractivity contribution >= 4 is 46.5 Å². The van der Waals surface area contributed by atoms with Crippen LogP contribution in [0.15, 0.2) is 51.8 Å². The predicted molar refractivity (Wildman–Crippen MR) is 103 cm³/mol. The number of thioether (sulfide) groups is 2. The van der Waals surface area contributed by atoms with Crippen LogP contribution < -0.4 is 5.32 Å². The molecular formula is C16H17N5OS3. The number of rotatable bonds is 7. The van der Waals surface area contributed by atoms with Gasteiger partial charge in [0, 0.05) is 9.77 Å². The Morgan fingerprint density at radius 2 is 2.16 bits per heavy atom. The average Bonchev–Trinajstić information content (AvgIpc) is 3.28. The third kappa shape index (κ3) is 4.62. The molecule has 25 heavy (non-hydrogen) atoms. The molecule has 0 fully saturated rings. The van der Waals surface area contributed by atoms with E-state index in [-0.39, 0.29) is 11.2 Å². The molecule has 0 saturated heterocycles. The van der Waals surface area contributed by atoms with Crippen molar-refractivity contribution in [2.75, 3.05) is 11.6 Å². The van der Waals surface area contributed by atoms with Gasteiger partial charge in [-0.1, -0.05) is 30.0 Å². The summed E-state index contributed by atoms with van der Waals surface area (Å²) in [5.41, 5.74) is 0.825. The standard InChI is InChI=1S/C16H17N5OS3/c1-11(15(22)17-13-7-3-4-8-14(13)23-2)25-16-18-19-20-21(16)10-12-6-5-9-24-12/h3-9,11H,10H2,1-2H3,(H,17,22). The fourth-order valence-electron chi connectivity index (χ4n) is 2.12. The van der Waals surface area contributed by atoms with Gasteiger partial charge in [0.1, 0.15) is 0 Å². The van der Waals surface area contributed by atoms with E-state index in [4.69, 9.17) is 0 Å². The number of benzene rings is 1. The highest BCUT2D eigenvalue weighted by atomic mass is 32.2. The fraction of sp³-hybridized carbons (Fsp3) is 0.250. The van der Waals surface area contributed by atoms with Gasteiger partial charge in [0.15, 0.2) is 0 Å². The first-order chi connectivity index (χ1) is 12.2. The van der Waals surface area contributed by atoms with E-state index in [1.807, 2.05) is 55.0 Å². The normalized spacial score (nSPS) is 12.1. The van der Waals surface area contributed by atoms with Gasteiger partial charge in [0.2, 0.25) is 11.1 Å². The molecule has 0 spiro atoms. The molecule has 0 aliphatic rings. The van der Waals surface area contributed by atoms with E-state index in [0.717, 1.165) is 10.6 Å². The largest absolute Gasteiger partial charge is 0.324 e. The molecule has 0 bridgehead atoms. The van der Waals surface area contributed by atoms with E-state index >= 15 is 0 Å². The molecule has 2 heterocycles. The van der Waals surface area contributed by atoms with Crippen molar-refractivity contribution in [2.45, 2.75) is 28.8 Å². The van der Waals surface area contributed by atoms with Gasteiger partial charge in [0.25, 0.3) is 0 Å². The van der Waals surface area contributed by atoms with Crippen LogP contribution in [0.1, 0.15) is 11.8 Å². The van der Waals surface area contributed by atoms with Gasteiger partial charge in [-0.2, -0.15) is 0 Å². The van der Waals surface area contributed by atoms with Crippen LogP contribution in [0.25, 0.3) is 0 Å². The Hall–Kier alpha value is -1.84. The van der Waals surface area contributed by atoms with Crippen molar-refractivity contribution in [1.82, 2.24) is 20.2 Å². The van der Waals surface area contributed by atoms with Crippen molar-refractivity contribution in [3.8, 4) is 0 Å². The molecule has 3 aromatic rings. The molecule has 0 aliphatic heterocycles. The predicted octanol–water partition coefficient (Wildman–Crippen LogP) is 3.62. The second kappa shape index (κ2) is 8.50. The van der Waals surface area contributed by atoms with Gasteiger partial charge in [-0.05, 0) is 47.2 Å². The molecule has 2 aromatic heterocycles. The highest BCUT2D eigenvalue weighted by Gasteiger charge is 2.19. The number of aromatic nitrogens is 4. The topological polar surface area (TPSA) is 72.7 Å². The lowest BCUT2D eigenvalue weighted by molar-refractivity contribution is -0.115. The van der Waals surface area contributed by atoms with Crippen LogP contribution in [0.4, 0.5) is 5.69 Å². The molecule has 130 valence electrons. The van der Waals surface area contributed by atoms with Crippen LogP contribution in [0.3, 0.4) is 0 Å². The Balaban J connectivity index is 1.65. The summed E-state index contributed by atoms with van der Waals surface area (Å²) >= 11 is 4.61. The van der Waals surface area contributed by atoms with Crippen molar-refractivity contribution < 1.29 is 4.79 Å². The molecule has 3 rings (SSSR count). The van der Waals surface area contributed by atoms with E-state index in [1.165, 1.54) is 16.6 Å². The van der Waals surface area contributed by atoms with Crippen molar-refractivity contribution in [1.29, 1.82) is 0 Å². The molecule has 9 heteroatoms. The Labute approximate surface area is 158 Å². The third-order valence-corrected chi connectivity index (χ3v) is 6.13. The number of nitrogens with zero attached hydrogens (tertiary/aromatic N) is 4. The molecule has 1 atom stereocenters. The first kappa shape index (κ1) is 18.0. The first-order valence-corrected chi connectivity index (χ1v) is 10.5. The summed E-state index contributed by atoms with van der Waals surface area (Å²) in [5.74, 6) is -0.0721. The van der Waals surface area contributed by atoms with Crippen LogP contribution >= 0.6 is 34.9 Å². The number of amides is 1. The van der Waals surface area contributed by atoms with Crippen molar-refractivity contribution in [3.63, 3.8) is 0 Å². The number of tetrazole rings is 1. The Kier molecular flexibility index (Phi) is 6.11. The Morgan fingerprint density at radius 1 is 1.32 bits per heavy atom. The monoisotopic (exact) mass is 391 g/mol. The van der Waals surface area contributed by atoms with Gasteiger partial charge >= 0.3 is 0 Å². The zero-order valence-electron chi connectivity index (χ0n) is 13.7. The summed E-state index contributed by atoms with van der Waals surface area (Å²) in [4.78, 5) is 14.7. The lowest BCUT2D eigenvalue weighted by Gasteiger charge is -2.13. The summed E-state index contributed by atoms with van der Waals surface area (Å²) in [6.45, 7) is 2.46. The molecule has 1 unspecified atom stereocenters. The number of thiophene rings is 1. The summed E-state index contributed by atoms with van der Waals surface area (Å²) < 4.78 is 1.72. The number of hydrogen-bond acceptors (Lipinski definition) is 7. The van der Waals surface area contributed by atoms with Crippen LogP contribution in [-0.4, -0.2) is 37.6 Å². The Morgan fingerprint density at radius 3 is 2.92 bits per heavy atom. The lowest BCUT2D eigenvalue weighted by Crippen LogP contribution is -2.23. The van der Waals surface area contributed by atoms with E-state index in [1.54, 1.807) is 27.8 Å². The van der Waals surface area contributed by atoms with E-state index in [2.05, 4.69) is 20.8 Å². The molecular weight excluding hydrogens is 374 g/mol. The fourth-order valence-corrected chi connectivity index (χ4v) is 4.15. The maximum absolute atomic E-state index is 12.5. The van der Waals surface area contributed by atoms with Crippen LogP contribution in [0.2, 0.25) is 0 Å². The minimum absolute atomic E-state index is 0.0721. The van der Waals surface area contributed by atoms with Gasteiger partial charge in [-0.25, -0.2) is 4.68 Å². The van der Waals surface area contributed by atoms with Crippen LogP contribution in [0.5, 0.6) is 0 Å². The number of carbonyl (C=O) groups is 1. The lowest BCUT2D eigenvalue weighted by atomic mass is 10.3. The molecule has 1 N–H and O–H groups in total. The summed E-state index contributed by atoms with van der Waals surface area (Å²) in [6, 6.07) is 11.8. The number of nitrogens with one attached hydrogen (secondary N) is 1. The average molecular weight is 392 g/mol. The minimum atomic E-state index is -0.317. The zero-order valence-corrected chi connectivity index (χ0v) is 16.2. The number of para-hydroxylation sites is 1. The summed E-state index contributed by atoms with van der Waals surface area (Å²) in [6.07, 6.45) is 1.99. The van der Waals surface area contributed by atoms with Gasteiger partial charge < -0.3 is 5.32 Å². The SMILES string of the molecule is CSc1ccccc1NC(=O)C(C)Sc1nnnn1Cc1cccs1. The van der Waals surface area contributed by atoms with E-state index < -0.39 is 0 Å². The minimum Gasteiger partial charge on any atom is -0.324 e. The van der Waals surface area contributed by atoms with Crippen LogP contribution in [0, 0.1) is 0 Å². The molecule has 0 aliphatic carbocycles. The molecule has 6 nitrogen and oxygen atoms in total. The smallest absolute Gasteiger partial charge is 0.237 e. The molecule has 1 aromatic carbocycles. The van der Waals surface area contributed by atoms with Gasteiger partial charge in [0.05, 0.1) is 17.5 Å².